The molecule has 2 rings (SSSR count). The summed E-state index contributed by atoms with van der Waals surface area (Å²) in [6, 6.07) is 11.2. The number of carbonyl (C=O) groups excluding carboxylic acids is 4. The normalized spacial score (nSPS) is 12.4. The average Bonchev–Trinajstić information content (AvgIpc) is 2.86. The molecule has 0 aliphatic carbocycles. The lowest BCUT2D eigenvalue weighted by Gasteiger charge is -2.34. The Morgan fingerprint density at radius 3 is 2.33 bits per heavy atom. The molecule has 2 atom stereocenters. The standard InChI is InChI=1S/C29H36N4O6/c1-6-20-12-8-9-13-21(20)25(26(36)31-22-14-10-7-11-19(22)2)33(17-18-34)27(37)23(15-16-24(30)35)32-28(38)39-29(3,4)5/h1,7-14,23,25,34H,15-18H2,2-5H3,(H2,30,35)(H,31,36)(H,32,38). The van der Waals surface area contributed by atoms with Crippen molar-refractivity contribution in [2.45, 2.75) is 58.2 Å². The largest absolute Gasteiger partial charge is 0.444 e. The number of alkyl carbamates (subject to hydrolysis) is 1. The number of rotatable bonds is 11. The highest BCUT2D eigenvalue weighted by atomic mass is 16.6. The molecule has 39 heavy (non-hydrogen) atoms. The van der Waals surface area contributed by atoms with Gasteiger partial charge in [-0.2, -0.15) is 0 Å². The van der Waals surface area contributed by atoms with Gasteiger partial charge in [-0.05, 0) is 57.4 Å². The van der Waals surface area contributed by atoms with E-state index in [-0.39, 0.29) is 19.4 Å². The zero-order valence-corrected chi connectivity index (χ0v) is 22.7. The number of para-hydroxylation sites is 1. The summed E-state index contributed by atoms with van der Waals surface area (Å²) in [6.07, 6.45) is 4.46. The topological polar surface area (TPSA) is 151 Å². The third kappa shape index (κ3) is 9.16. The van der Waals surface area contributed by atoms with Crippen molar-refractivity contribution in [3.05, 3.63) is 65.2 Å². The summed E-state index contributed by atoms with van der Waals surface area (Å²) in [5.41, 5.74) is 6.49. The lowest BCUT2D eigenvalue weighted by molar-refractivity contribution is -0.141. The molecule has 208 valence electrons. The van der Waals surface area contributed by atoms with E-state index >= 15 is 0 Å². The highest BCUT2D eigenvalue weighted by molar-refractivity contribution is 5.99. The first-order valence-electron chi connectivity index (χ1n) is 12.5. The number of anilines is 1. The summed E-state index contributed by atoms with van der Waals surface area (Å²) in [4.78, 5) is 53.0. The van der Waals surface area contributed by atoms with Gasteiger partial charge >= 0.3 is 6.09 Å². The molecule has 2 aromatic rings. The summed E-state index contributed by atoms with van der Waals surface area (Å²) < 4.78 is 5.29. The van der Waals surface area contributed by atoms with E-state index in [1.54, 1.807) is 57.2 Å². The van der Waals surface area contributed by atoms with Gasteiger partial charge in [0.05, 0.1) is 6.61 Å². The fourth-order valence-electron chi connectivity index (χ4n) is 3.90. The molecule has 0 bridgehead atoms. The molecule has 0 spiro atoms. The van der Waals surface area contributed by atoms with Crippen molar-refractivity contribution in [3.8, 4) is 12.3 Å². The molecule has 10 nitrogen and oxygen atoms in total. The van der Waals surface area contributed by atoms with Gasteiger partial charge in [0.15, 0.2) is 0 Å². The maximum atomic E-state index is 13.9. The SMILES string of the molecule is C#Cc1ccccc1C(C(=O)Nc1ccccc1C)N(CCO)C(=O)C(CCC(N)=O)NC(=O)OC(C)(C)C. The zero-order valence-electron chi connectivity index (χ0n) is 22.7. The Hall–Kier alpha value is -4.36. The van der Waals surface area contributed by atoms with Crippen LogP contribution in [0.1, 0.15) is 56.3 Å². The predicted molar refractivity (Wildman–Crippen MR) is 147 cm³/mol. The number of hydrogen-bond acceptors (Lipinski definition) is 6. The Balaban J connectivity index is 2.57. The second-order valence-electron chi connectivity index (χ2n) is 9.90. The lowest BCUT2D eigenvalue weighted by Crippen LogP contribution is -2.53. The third-order valence-electron chi connectivity index (χ3n) is 5.67. The number of carbonyl (C=O) groups is 4. The highest BCUT2D eigenvalue weighted by Gasteiger charge is 2.37. The van der Waals surface area contributed by atoms with Crippen molar-refractivity contribution < 1.29 is 29.0 Å². The van der Waals surface area contributed by atoms with E-state index in [0.29, 0.717) is 16.8 Å². The third-order valence-corrected chi connectivity index (χ3v) is 5.67. The number of nitrogens with one attached hydrogen (secondary N) is 2. The molecule has 4 amide bonds. The molecule has 0 radical (unpaired) electrons. The van der Waals surface area contributed by atoms with Crippen molar-refractivity contribution in [3.63, 3.8) is 0 Å². The first-order chi connectivity index (χ1) is 18.4. The van der Waals surface area contributed by atoms with Gasteiger partial charge in [-0.1, -0.05) is 42.3 Å². The quantitative estimate of drug-likeness (QED) is 0.324. The van der Waals surface area contributed by atoms with Gasteiger partial charge in [-0.15, -0.1) is 6.42 Å². The summed E-state index contributed by atoms with van der Waals surface area (Å²) in [7, 11) is 0. The Morgan fingerprint density at radius 1 is 1.10 bits per heavy atom. The minimum atomic E-state index is -1.29. The summed E-state index contributed by atoms with van der Waals surface area (Å²) >= 11 is 0. The van der Waals surface area contributed by atoms with Crippen LogP contribution in [0.15, 0.2) is 48.5 Å². The molecule has 2 unspecified atom stereocenters. The minimum absolute atomic E-state index is 0.155. The van der Waals surface area contributed by atoms with Crippen LogP contribution in [0.5, 0.6) is 0 Å². The highest BCUT2D eigenvalue weighted by Crippen LogP contribution is 2.28. The number of ether oxygens (including phenoxy) is 1. The van der Waals surface area contributed by atoms with Crippen LogP contribution in [0.3, 0.4) is 0 Å². The van der Waals surface area contributed by atoms with E-state index in [1.165, 1.54) is 0 Å². The van der Waals surface area contributed by atoms with Crippen LogP contribution >= 0.6 is 0 Å². The molecule has 10 heteroatoms. The van der Waals surface area contributed by atoms with Crippen LogP contribution in [0.4, 0.5) is 10.5 Å². The number of aliphatic hydroxyl groups is 1. The van der Waals surface area contributed by atoms with Gasteiger partial charge in [-0.3, -0.25) is 14.4 Å². The first-order valence-corrected chi connectivity index (χ1v) is 12.5. The van der Waals surface area contributed by atoms with Crippen molar-refractivity contribution in [2.75, 3.05) is 18.5 Å². The smallest absolute Gasteiger partial charge is 0.408 e. The number of terminal acetylenes is 1. The van der Waals surface area contributed by atoms with E-state index < -0.39 is 48.1 Å². The molecule has 0 aromatic heterocycles. The predicted octanol–water partition coefficient (Wildman–Crippen LogP) is 2.64. The molecule has 0 heterocycles. The van der Waals surface area contributed by atoms with E-state index in [9.17, 15) is 24.3 Å². The molecule has 5 N–H and O–H groups in total. The molecule has 0 saturated carbocycles. The van der Waals surface area contributed by atoms with Crippen LogP contribution in [-0.4, -0.2) is 58.6 Å². The number of amides is 4. The number of aliphatic hydroxyl groups excluding tert-OH is 1. The maximum Gasteiger partial charge on any atom is 0.408 e. The molecule has 0 fully saturated rings. The van der Waals surface area contributed by atoms with Crippen molar-refractivity contribution in [2.24, 2.45) is 5.73 Å². The van der Waals surface area contributed by atoms with Gasteiger partial charge in [0, 0.05) is 24.2 Å². The van der Waals surface area contributed by atoms with E-state index in [1.807, 2.05) is 19.1 Å². The number of nitrogens with two attached hydrogens (primary N) is 1. The number of benzene rings is 2. The van der Waals surface area contributed by atoms with E-state index in [4.69, 9.17) is 16.9 Å². The summed E-state index contributed by atoms with van der Waals surface area (Å²) in [5, 5.41) is 15.2. The Morgan fingerprint density at radius 2 is 1.74 bits per heavy atom. The Kier molecular flexibility index (Phi) is 11.1. The lowest BCUT2D eigenvalue weighted by atomic mass is 9.97. The minimum Gasteiger partial charge on any atom is -0.444 e. The summed E-state index contributed by atoms with van der Waals surface area (Å²) in [6.45, 7) is 6.04. The molecule has 0 aliphatic heterocycles. The van der Waals surface area contributed by atoms with Crippen LogP contribution in [0.25, 0.3) is 0 Å². The van der Waals surface area contributed by atoms with Crippen LogP contribution in [-0.2, 0) is 19.1 Å². The number of aryl methyl sites for hydroxylation is 1. The fourth-order valence-corrected chi connectivity index (χ4v) is 3.90. The van der Waals surface area contributed by atoms with Crippen LogP contribution in [0.2, 0.25) is 0 Å². The van der Waals surface area contributed by atoms with E-state index in [2.05, 4.69) is 16.6 Å². The second-order valence-corrected chi connectivity index (χ2v) is 9.90. The molecule has 0 aliphatic rings. The monoisotopic (exact) mass is 536 g/mol. The first kappa shape index (κ1) is 30.9. The van der Waals surface area contributed by atoms with Crippen molar-refractivity contribution in [1.29, 1.82) is 0 Å². The van der Waals surface area contributed by atoms with Gasteiger partial charge in [0.2, 0.25) is 11.8 Å². The van der Waals surface area contributed by atoms with E-state index in [0.717, 1.165) is 10.5 Å². The Labute approximate surface area is 228 Å². The molecule has 0 saturated heterocycles. The molecular formula is C29H36N4O6. The van der Waals surface area contributed by atoms with Gasteiger partial charge in [-0.25, -0.2) is 4.79 Å². The van der Waals surface area contributed by atoms with Crippen LogP contribution in [0, 0.1) is 19.3 Å². The second kappa shape index (κ2) is 14.0. The zero-order chi connectivity index (χ0) is 29.2. The fraction of sp³-hybridized carbons (Fsp3) is 0.379. The van der Waals surface area contributed by atoms with Gasteiger partial charge in [0.1, 0.15) is 17.7 Å². The van der Waals surface area contributed by atoms with Crippen molar-refractivity contribution >= 4 is 29.5 Å². The van der Waals surface area contributed by atoms with Gasteiger partial charge < -0.3 is 31.1 Å². The van der Waals surface area contributed by atoms with Gasteiger partial charge in [0.25, 0.3) is 5.91 Å². The number of nitrogens with zero attached hydrogens (tertiary/aromatic N) is 1. The summed E-state index contributed by atoms with van der Waals surface area (Å²) in [5.74, 6) is 0.544. The molecule has 2 aromatic carbocycles. The molecular weight excluding hydrogens is 500 g/mol. The maximum absolute atomic E-state index is 13.9. The van der Waals surface area contributed by atoms with Crippen LogP contribution < -0.4 is 16.4 Å². The average molecular weight is 537 g/mol. The number of hydrogen-bond donors (Lipinski definition) is 4. The Bertz CT molecular complexity index is 1230. The number of primary amides is 1. The van der Waals surface area contributed by atoms with Crippen molar-refractivity contribution in [1.82, 2.24) is 10.2 Å².